The molecule has 1 aromatic rings. The minimum absolute atomic E-state index is 0.0826. The molecule has 0 aromatic carbocycles. The molecular formula is C14H22N2O4. The van der Waals surface area contributed by atoms with Crippen LogP contribution < -0.4 is 0 Å². The molecule has 0 aliphatic carbocycles. The van der Waals surface area contributed by atoms with Crippen molar-refractivity contribution in [3.05, 3.63) is 17.0 Å². The van der Waals surface area contributed by atoms with E-state index in [9.17, 15) is 4.79 Å². The Labute approximate surface area is 118 Å². The van der Waals surface area contributed by atoms with Crippen molar-refractivity contribution < 1.29 is 19.2 Å². The van der Waals surface area contributed by atoms with E-state index in [2.05, 4.69) is 10.1 Å². The van der Waals surface area contributed by atoms with E-state index in [4.69, 9.17) is 14.4 Å². The lowest BCUT2D eigenvalue weighted by Crippen LogP contribution is -2.37. The van der Waals surface area contributed by atoms with Gasteiger partial charge >= 0.3 is 5.97 Å². The Morgan fingerprint density at radius 2 is 2.15 bits per heavy atom. The van der Waals surface area contributed by atoms with Gasteiger partial charge in [0.15, 0.2) is 0 Å². The highest BCUT2D eigenvalue weighted by molar-refractivity contribution is 5.66. The van der Waals surface area contributed by atoms with Crippen LogP contribution in [0.15, 0.2) is 4.52 Å². The van der Waals surface area contributed by atoms with Crippen molar-refractivity contribution in [2.45, 2.75) is 45.8 Å². The summed E-state index contributed by atoms with van der Waals surface area (Å²) in [7, 11) is 0. The van der Waals surface area contributed by atoms with Crippen molar-refractivity contribution in [2.24, 2.45) is 0 Å². The monoisotopic (exact) mass is 282 g/mol. The molecule has 0 spiro atoms. The van der Waals surface area contributed by atoms with Crippen LogP contribution in [-0.2, 0) is 16.1 Å². The number of carboxylic acid groups (broad SMARTS) is 1. The zero-order valence-corrected chi connectivity index (χ0v) is 12.1. The molecule has 2 heterocycles. The second-order valence-electron chi connectivity index (χ2n) is 5.29. The maximum Gasteiger partial charge on any atom is 0.305 e. The molecule has 0 saturated carbocycles. The number of nitrogens with zero attached hydrogens (tertiary/aromatic N) is 2. The highest BCUT2D eigenvalue weighted by atomic mass is 16.5. The molecule has 6 nitrogen and oxygen atoms in total. The smallest absolute Gasteiger partial charge is 0.305 e. The Morgan fingerprint density at radius 3 is 2.70 bits per heavy atom. The number of aryl methyl sites for hydroxylation is 2. The molecule has 1 saturated heterocycles. The largest absolute Gasteiger partial charge is 0.481 e. The fourth-order valence-electron chi connectivity index (χ4n) is 2.50. The Bertz CT molecular complexity index is 431. The third kappa shape index (κ3) is 4.05. The van der Waals surface area contributed by atoms with Gasteiger partial charge in [0.25, 0.3) is 0 Å². The lowest BCUT2D eigenvalue weighted by atomic mass is 10.1. The van der Waals surface area contributed by atoms with Crippen LogP contribution in [0.3, 0.4) is 0 Å². The number of carbonyl (C=O) groups is 1. The van der Waals surface area contributed by atoms with E-state index in [0.717, 1.165) is 43.9 Å². The third-order valence-corrected chi connectivity index (χ3v) is 3.77. The van der Waals surface area contributed by atoms with Crippen LogP contribution in [0.5, 0.6) is 0 Å². The van der Waals surface area contributed by atoms with E-state index in [1.807, 2.05) is 13.8 Å². The van der Waals surface area contributed by atoms with Crippen molar-refractivity contribution in [1.29, 1.82) is 0 Å². The summed E-state index contributed by atoms with van der Waals surface area (Å²) in [6, 6.07) is 0. The van der Waals surface area contributed by atoms with Gasteiger partial charge in [-0.05, 0) is 26.7 Å². The third-order valence-electron chi connectivity index (χ3n) is 3.77. The number of hydrogen-bond donors (Lipinski definition) is 1. The van der Waals surface area contributed by atoms with Crippen LogP contribution in [-0.4, -0.2) is 46.9 Å². The predicted octanol–water partition coefficient (Wildman–Crippen LogP) is 1.75. The van der Waals surface area contributed by atoms with Crippen LogP contribution in [0.1, 0.15) is 36.3 Å². The van der Waals surface area contributed by atoms with Crippen LogP contribution in [0.2, 0.25) is 0 Å². The zero-order chi connectivity index (χ0) is 14.5. The molecule has 1 N–H and O–H groups in total. The summed E-state index contributed by atoms with van der Waals surface area (Å²) >= 11 is 0. The van der Waals surface area contributed by atoms with Gasteiger partial charge in [0.05, 0.1) is 24.8 Å². The topological polar surface area (TPSA) is 75.8 Å². The second kappa shape index (κ2) is 6.85. The van der Waals surface area contributed by atoms with E-state index in [0.29, 0.717) is 6.61 Å². The molecule has 0 bridgehead atoms. The van der Waals surface area contributed by atoms with Gasteiger partial charge in [-0.15, -0.1) is 0 Å². The molecule has 0 radical (unpaired) electrons. The molecule has 1 aliphatic heterocycles. The lowest BCUT2D eigenvalue weighted by Gasteiger charge is -2.31. The first-order chi connectivity index (χ1) is 9.56. The van der Waals surface area contributed by atoms with Gasteiger partial charge in [-0.1, -0.05) is 5.16 Å². The lowest BCUT2D eigenvalue weighted by molar-refractivity contribution is -0.138. The first-order valence-electron chi connectivity index (χ1n) is 7.03. The number of aromatic nitrogens is 1. The van der Waals surface area contributed by atoms with E-state index in [-0.39, 0.29) is 12.5 Å². The normalized spacial score (nSPS) is 17.5. The first-order valence-corrected chi connectivity index (χ1v) is 7.03. The Balaban J connectivity index is 1.73. The van der Waals surface area contributed by atoms with Crippen LogP contribution in [0.25, 0.3) is 0 Å². The summed E-state index contributed by atoms with van der Waals surface area (Å²) in [4.78, 5) is 12.8. The van der Waals surface area contributed by atoms with Crippen LogP contribution in [0, 0.1) is 13.8 Å². The average molecular weight is 282 g/mol. The molecular weight excluding hydrogens is 260 g/mol. The second-order valence-corrected chi connectivity index (χ2v) is 5.29. The standard InChI is InChI=1S/C14H22N2O4/c1-10-13(11(2)20-15-10)9-16-6-3-12(4-7-16)19-8-5-14(17)18/h12H,3-9H2,1-2H3,(H,17,18). The summed E-state index contributed by atoms with van der Waals surface area (Å²) in [6.07, 6.45) is 2.17. The molecule has 20 heavy (non-hydrogen) atoms. The highest BCUT2D eigenvalue weighted by Gasteiger charge is 2.21. The van der Waals surface area contributed by atoms with Gasteiger partial charge in [0.1, 0.15) is 5.76 Å². The minimum Gasteiger partial charge on any atom is -0.481 e. The average Bonchev–Trinajstić information content (AvgIpc) is 2.72. The zero-order valence-electron chi connectivity index (χ0n) is 12.1. The molecule has 1 fully saturated rings. The number of rotatable bonds is 6. The van der Waals surface area contributed by atoms with Gasteiger partial charge in [-0.25, -0.2) is 0 Å². The molecule has 2 rings (SSSR count). The van der Waals surface area contributed by atoms with Gasteiger partial charge in [-0.2, -0.15) is 0 Å². The van der Waals surface area contributed by atoms with Gasteiger partial charge in [0, 0.05) is 25.2 Å². The fraction of sp³-hybridized carbons (Fsp3) is 0.714. The molecule has 0 unspecified atom stereocenters. The van der Waals surface area contributed by atoms with Crippen molar-refractivity contribution in [3.63, 3.8) is 0 Å². The van der Waals surface area contributed by atoms with Crippen molar-refractivity contribution in [1.82, 2.24) is 10.1 Å². The Hall–Kier alpha value is -1.40. The minimum atomic E-state index is -0.805. The van der Waals surface area contributed by atoms with Crippen molar-refractivity contribution >= 4 is 5.97 Å². The van der Waals surface area contributed by atoms with Crippen molar-refractivity contribution in [3.8, 4) is 0 Å². The highest BCUT2D eigenvalue weighted by Crippen LogP contribution is 2.19. The number of aliphatic carboxylic acids is 1. The first kappa shape index (κ1) is 15.0. The van der Waals surface area contributed by atoms with E-state index < -0.39 is 5.97 Å². The van der Waals surface area contributed by atoms with E-state index in [1.54, 1.807) is 0 Å². The molecule has 0 amide bonds. The van der Waals surface area contributed by atoms with Gasteiger partial charge in [0.2, 0.25) is 0 Å². The number of hydrogen-bond acceptors (Lipinski definition) is 5. The summed E-state index contributed by atoms with van der Waals surface area (Å²) < 4.78 is 10.8. The molecule has 0 atom stereocenters. The van der Waals surface area contributed by atoms with Crippen LogP contribution >= 0.6 is 0 Å². The van der Waals surface area contributed by atoms with E-state index >= 15 is 0 Å². The van der Waals surface area contributed by atoms with Crippen molar-refractivity contribution in [2.75, 3.05) is 19.7 Å². The predicted molar refractivity (Wildman–Crippen MR) is 72.5 cm³/mol. The summed E-state index contributed by atoms with van der Waals surface area (Å²) in [5.74, 6) is 0.0863. The number of carboxylic acids is 1. The SMILES string of the molecule is Cc1noc(C)c1CN1CCC(OCCC(=O)O)CC1. The quantitative estimate of drug-likeness (QED) is 0.856. The summed E-state index contributed by atoms with van der Waals surface area (Å²) in [6.45, 7) is 7.00. The maximum absolute atomic E-state index is 10.4. The molecule has 6 heteroatoms. The molecule has 112 valence electrons. The van der Waals surface area contributed by atoms with E-state index in [1.165, 1.54) is 5.56 Å². The Morgan fingerprint density at radius 1 is 1.45 bits per heavy atom. The number of piperidine rings is 1. The molecule has 1 aromatic heterocycles. The summed E-state index contributed by atoms with van der Waals surface area (Å²) in [5, 5.41) is 12.5. The Kier molecular flexibility index (Phi) is 5.14. The molecule has 1 aliphatic rings. The van der Waals surface area contributed by atoms with Gasteiger partial charge < -0.3 is 14.4 Å². The fourth-order valence-corrected chi connectivity index (χ4v) is 2.50. The maximum atomic E-state index is 10.4. The summed E-state index contributed by atoms with van der Waals surface area (Å²) in [5.41, 5.74) is 2.14. The van der Waals surface area contributed by atoms with Gasteiger partial charge in [-0.3, -0.25) is 9.69 Å². The van der Waals surface area contributed by atoms with Crippen LogP contribution in [0.4, 0.5) is 0 Å². The number of ether oxygens (including phenoxy) is 1. The number of likely N-dealkylation sites (tertiary alicyclic amines) is 1.